The van der Waals surface area contributed by atoms with Gasteiger partial charge in [-0.2, -0.15) is 0 Å². The van der Waals surface area contributed by atoms with Gasteiger partial charge < -0.3 is 16.8 Å². The van der Waals surface area contributed by atoms with E-state index in [0.29, 0.717) is 12.6 Å². The van der Waals surface area contributed by atoms with Crippen LogP contribution in [0.1, 0.15) is 36.5 Å². The lowest BCUT2D eigenvalue weighted by molar-refractivity contribution is 0.100. The number of likely N-dealkylation sites (tertiary alicyclic amines) is 1. The van der Waals surface area contributed by atoms with Crippen molar-refractivity contribution in [1.82, 2.24) is 4.90 Å². The zero-order valence-electron chi connectivity index (χ0n) is 12.4. The summed E-state index contributed by atoms with van der Waals surface area (Å²) in [6, 6.07) is 2.82. The highest BCUT2D eigenvalue weighted by Gasteiger charge is 2.17. The number of piperidine rings is 1. The van der Waals surface area contributed by atoms with Crippen LogP contribution in [-0.4, -0.2) is 36.5 Å². The van der Waals surface area contributed by atoms with E-state index >= 15 is 0 Å². The number of halogens is 1. The van der Waals surface area contributed by atoms with Gasteiger partial charge in [-0.3, -0.25) is 9.69 Å². The minimum absolute atomic E-state index is 0.0645. The number of primary amides is 1. The second-order valence-corrected chi connectivity index (χ2v) is 5.61. The zero-order valence-corrected chi connectivity index (χ0v) is 12.4. The van der Waals surface area contributed by atoms with Crippen molar-refractivity contribution in [3.63, 3.8) is 0 Å². The molecular weight excluding hydrogens is 271 g/mol. The number of amides is 1. The summed E-state index contributed by atoms with van der Waals surface area (Å²) in [6.07, 6.45) is 3.71. The Morgan fingerprint density at radius 2 is 2.05 bits per heavy atom. The maximum atomic E-state index is 13.9. The second-order valence-electron chi connectivity index (χ2n) is 5.61. The van der Waals surface area contributed by atoms with E-state index < -0.39 is 11.7 Å². The van der Waals surface area contributed by atoms with Gasteiger partial charge in [0.15, 0.2) is 0 Å². The molecule has 1 unspecified atom stereocenters. The summed E-state index contributed by atoms with van der Waals surface area (Å²) in [7, 11) is 0. The fraction of sp³-hybridized carbons (Fsp3) is 0.533. The molecule has 1 amide bonds. The third-order valence-electron chi connectivity index (χ3n) is 4.01. The molecule has 1 saturated heterocycles. The van der Waals surface area contributed by atoms with Gasteiger partial charge in [-0.05, 0) is 45.0 Å². The Kier molecular flexibility index (Phi) is 5.01. The molecule has 116 valence electrons. The van der Waals surface area contributed by atoms with Gasteiger partial charge in [0.2, 0.25) is 0 Å². The quantitative estimate of drug-likeness (QED) is 0.723. The second kappa shape index (κ2) is 6.76. The van der Waals surface area contributed by atoms with Gasteiger partial charge >= 0.3 is 0 Å². The molecule has 0 saturated carbocycles. The topological polar surface area (TPSA) is 84.4 Å². The van der Waals surface area contributed by atoms with Crippen LogP contribution in [0.5, 0.6) is 0 Å². The van der Waals surface area contributed by atoms with E-state index in [0.717, 1.165) is 19.2 Å². The van der Waals surface area contributed by atoms with Crippen LogP contribution in [0, 0.1) is 5.82 Å². The van der Waals surface area contributed by atoms with Crippen LogP contribution >= 0.6 is 0 Å². The summed E-state index contributed by atoms with van der Waals surface area (Å²) in [5, 5.41) is 3.05. The summed E-state index contributed by atoms with van der Waals surface area (Å²) in [5.74, 6) is -1.12. The number of hydrogen-bond acceptors (Lipinski definition) is 4. The molecule has 5 nitrogen and oxygen atoms in total. The van der Waals surface area contributed by atoms with Crippen molar-refractivity contribution in [2.45, 2.75) is 32.2 Å². The van der Waals surface area contributed by atoms with Crippen molar-refractivity contribution in [2.24, 2.45) is 5.73 Å². The van der Waals surface area contributed by atoms with E-state index in [4.69, 9.17) is 11.5 Å². The molecule has 0 aliphatic carbocycles. The Bertz CT molecular complexity index is 515. The molecule has 6 heteroatoms. The molecule has 0 aromatic heterocycles. The number of rotatable bonds is 5. The largest absolute Gasteiger partial charge is 0.398 e. The van der Waals surface area contributed by atoms with E-state index in [-0.39, 0.29) is 16.9 Å². The molecule has 1 aliphatic rings. The molecule has 1 fully saturated rings. The molecule has 0 spiro atoms. The highest BCUT2D eigenvalue weighted by molar-refractivity contribution is 5.99. The van der Waals surface area contributed by atoms with Crippen molar-refractivity contribution in [3.05, 3.63) is 23.5 Å². The maximum Gasteiger partial charge on any atom is 0.250 e. The average Bonchev–Trinajstić information content (AvgIpc) is 2.46. The average molecular weight is 294 g/mol. The van der Waals surface area contributed by atoms with Crippen LogP contribution in [0.4, 0.5) is 15.8 Å². The standard InChI is InChI=1S/C15H23FN4O/c1-10(20-5-3-2-4-6-20)9-19-14-7-11(15(18)21)13(17)8-12(14)16/h7-8,10,19H,2-6,9,17H2,1H3,(H2,18,21). The summed E-state index contributed by atoms with van der Waals surface area (Å²) < 4.78 is 13.9. The van der Waals surface area contributed by atoms with Crippen molar-refractivity contribution >= 4 is 17.3 Å². The first-order chi connectivity index (χ1) is 9.99. The van der Waals surface area contributed by atoms with Gasteiger partial charge in [-0.25, -0.2) is 4.39 Å². The van der Waals surface area contributed by atoms with Crippen molar-refractivity contribution < 1.29 is 9.18 Å². The Labute approximate surface area is 124 Å². The SMILES string of the molecule is CC(CNc1cc(C(N)=O)c(N)cc1F)N1CCCCC1. The summed E-state index contributed by atoms with van der Waals surface area (Å²) in [4.78, 5) is 13.6. The number of carbonyl (C=O) groups is 1. The third-order valence-corrected chi connectivity index (χ3v) is 4.01. The van der Waals surface area contributed by atoms with Gasteiger partial charge in [0.1, 0.15) is 5.82 Å². The Balaban J connectivity index is 2.02. The number of nitrogens with one attached hydrogen (secondary N) is 1. The number of nitrogen functional groups attached to an aromatic ring is 1. The highest BCUT2D eigenvalue weighted by Crippen LogP contribution is 2.22. The number of nitrogens with zero attached hydrogens (tertiary/aromatic N) is 1. The number of hydrogen-bond donors (Lipinski definition) is 3. The molecule has 5 N–H and O–H groups in total. The Hall–Kier alpha value is -1.82. The minimum atomic E-state index is -0.653. The summed E-state index contributed by atoms with van der Waals surface area (Å²) >= 11 is 0. The normalized spacial score (nSPS) is 17.4. The summed E-state index contributed by atoms with van der Waals surface area (Å²) in [5.41, 5.74) is 11.3. The van der Waals surface area contributed by atoms with Crippen LogP contribution in [-0.2, 0) is 0 Å². The van der Waals surface area contributed by atoms with Crippen molar-refractivity contribution in [1.29, 1.82) is 0 Å². The molecule has 1 aromatic rings. The number of anilines is 2. The van der Waals surface area contributed by atoms with Gasteiger partial charge in [-0.1, -0.05) is 6.42 Å². The maximum absolute atomic E-state index is 13.9. The van der Waals surface area contributed by atoms with Crippen LogP contribution in [0.2, 0.25) is 0 Å². The molecule has 0 bridgehead atoms. The third kappa shape index (κ3) is 3.85. The van der Waals surface area contributed by atoms with E-state index in [1.54, 1.807) is 0 Å². The van der Waals surface area contributed by atoms with E-state index in [1.807, 2.05) is 0 Å². The molecular formula is C15H23FN4O. The summed E-state index contributed by atoms with van der Waals surface area (Å²) in [6.45, 7) is 4.89. The number of nitrogens with two attached hydrogens (primary N) is 2. The Morgan fingerprint density at radius 3 is 2.67 bits per heavy atom. The van der Waals surface area contributed by atoms with Gasteiger partial charge in [0, 0.05) is 18.3 Å². The smallest absolute Gasteiger partial charge is 0.250 e. The van der Waals surface area contributed by atoms with Gasteiger partial charge in [0.25, 0.3) is 5.91 Å². The first-order valence-electron chi connectivity index (χ1n) is 7.35. The number of benzene rings is 1. The zero-order chi connectivity index (χ0) is 15.4. The fourth-order valence-corrected chi connectivity index (χ4v) is 2.68. The van der Waals surface area contributed by atoms with Crippen molar-refractivity contribution in [2.75, 3.05) is 30.7 Å². The first-order valence-corrected chi connectivity index (χ1v) is 7.35. The minimum Gasteiger partial charge on any atom is -0.398 e. The molecule has 1 aliphatic heterocycles. The lowest BCUT2D eigenvalue weighted by Gasteiger charge is -2.32. The van der Waals surface area contributed by atoms with Gasteiger partial charge in [-0.15, -0.1) is 0 Å². The van der Waals surface area contributed by atoms with Crippen LogP contribution in [0.25, 0.3) is 0 Å². The van der Waals surface area contributed by atoms with Crippen LogP contribution < -0.4 is 16.8 Å². The molecule has 1 atom stereocenters. The number of carbonyl (C=O) groups excluding carboxylic acids is 1. The lowest BCUT2D eigenvalue weighted by atomic mass is 10.1. The lowest BCUT2D eigenvalue weighted by Crippen LogP contribution is -2.41. The highest BCUT2D eigenvalue weighted by atomic mass is 19.1. The molecule has 1 heterocycles. The van der Waals surface area contributed by atoms with E-state index in [1.165, 1.54) is 25.3 Å². The molecule has 0 radical (unpaired) electrons. The van der Waals surface area contributed by atoms with E-state index in [2.05, 4.69) is 17.1 Å². The monoisotopic (exact) mass is 294 g/mol. The molecule has 2 rings (SSSR count). The van der Waals surface area contributed by atoms with Crippen molar-refractivity contribution in [3.8, 4) is 0 Å². The van der Waals surface area contributed by atoms with E-state index in [9.17, 15) is 9.18 Å². The first kappa shape index (κ1) is 15.6. The fourth-order valence-electron chi connectivity index (χ4n) is 2.68. The predicted octanol–water partition coefficient (Wildman–Crippen LogP) is 1.79. The predicted molar refractivity (Wildman–Crippen MR) is 82.7 cm³/mol. The Morgan fingerprint density at radius 1 is 1.38 bits per heavy atom. The van der Waals surface area contributed by atoms with Gasteiger partial charge in [0.05, 0.1) is 11.3 Å². The molecule has 1 aromatic carbocycles. The van der Waals surface area contributed by atoms with Crippen LogP contribution in [0.15, 0.2) is 12.1 Å². The van der Waals surface area contributed by atoms with Crippen LogP contribution in [0.3, 0.4) is 0 Å². The molecule has 21 heavy (non-hydrogen) atoms.